The summed E-state index contributed by atoms with van der Waals surface area (Å²) in [6.45, 7) is 2.02. The normalized spacial score (nSPS) is 16.6. The fourth-order valence-electron chi connectivity index (χ4n) is 2.91. The molecule has 2 N–H and O–H groups in total. The third kappa shape index (κ3) is 4.64. The Balaban J connectivity index is 1.74. The minimum atomic E-state index is -0.0250. The maximum absolute atomic E-state index is 11.5. The molecule has 20 heavy (non-hydrogen) atoms. The van der Waals surface area contributed by atoms with E-state index in [0.29, 0.717) is 0 Å². The molecule has 1 aromatic rings. The topological polar surface area (TPSA) is 41.1 Å². The Morgan fingerprint density at radius 3 is 2.35 bits per heavy atom. The molecular formula is C17H26N2O. The molecule has 0 saturated heterocycles. The van der Waals surface area contributed by atoms with Crippen LogP contribution in [0.1, 0.15) is 54.4 Å². The van der Waals surface area contributed by atoms with Crippen LogP contribution < -0.4 is 10.6 Å². The molecule has 3 heteroatoms. The second-order valence-electron chi connectivity index (χ2n) is 5.76. The predicted octanol–water partition coefficient (Wildman–Crippen LogP) is 3.11. The Morgan fingerprint density at radius 2 is 1.75 bits per heavy atom. The van der Waals surface area contributed by atoms with Crippen molar-refractivity contribution in [2.45, 2.75) is 45.1 Å². The van der Waals surface area contributed by atoms with Gasteiger partial charge in [-0.25, -0.2) is 0 Å². The first-order valence-electron chi connectivity index (χ1n) is 7.81. The first-order chi connectivity index (χ1) is 9.79. The van der Waals surface area contributed by atoms with Crippen LogP contribution >= 0.6 is 0 Å². The van der Waals surface area contributed by atoms with Gasteiger partial charge >= 0.3 is 0 Å². The highest BCUT2D eigenvalue weighted by atomic mass is 16.1. The lowest BCUT2D eigenvalue weighted by molar-refractivity contribution is 0.0963. The van der Waals surface area contributed by atoms with Gasteiger partial charge in [-0.3, -0.25) is 4.79 Å². The molecule has 1 aromatic carbocycles. The molecule has 1 aliphatic carbocycles. The second-order valence-corrected chi connectivity index (χ2v) is 5.76. The van der Waals surface area contributed by atoms with Gasteiger partial charge in [-0.2, -0.15) is 0 Å². The number of hydrogen-bond acceptors (Lipinski definition) is 2. The maximum Gasteiger partial charge on any atom is 0.251 e. The molecule has 0 aliphatic heterocycles. The number of carbonyl (C=O) groups excluding carboxylic acids is 1. The van der Waals surface area contributed by atoms with Crippen LogP contribution in [-0.4, -0.2) is 19.5 Å². The average molecular weight is 274 g/mol. The van der Waals surface area contributed by atoms with Crippen LogP contribution in [0.4, 0.5) is 0 Å². The zero-order chi connectivity index (χ0) is 14.2. The van der Waals surface area contributed by atoms with Crippen LogP contribution in [0.3, 0.4) is 0 Å². The van der Waals surface area contributed by atoms with Crippen molar-refractivity contribution < 1.29 is 4.79 Å². The summed E-state index contributed by atoms with van der Waals surface area (Å²) in [5.41, 5.74) is 1.96. The van der Waals surface area contributed by atoms with Crippen molar-refractivity contribution in [2.75, 3.05) is 13.6 Å². The predicted molar refractivity (Wildman–Crippen MR) is 82.7 cm³/mol. The van der Waals surface area contributed by atoms with Crippen molar-refractivity contribution in [3.05, 3.63) is 35.4 Å². The first-order valence-corrected chi connectivity index (χ1v) is 7.81. The van der Waals surface area contributed by atoms with E-state index in [1.54, 1.807) is 7.05 Å². The van der Waals surface area contributed by atoms with Gasteiger partial charge in [0.1, 0.15) is 0 Å². The van der Waals surface area contributed by atoms with Crippen molar-refractivity contribution in [2.24, 2.45) is 5.92 Å². The van der Waals surface area contributed by atoms with E-state index in [4.69, 9.17) is 0 Å². The maximum atomic E-state index is 11.5. The summed E-state index contributed by atoms with van der Waals surface area (Å²) in [7, 11) is 1.66. The smallest absolute Gasteiger partial charge is 0.251 e. The summed E-state index contributed by atoms with van der Waals surface area (Å²) in [6, 6.07) is 7.85. The molecule has 0 aromatic heterocycles. The van der Waals surface area contributed by atoms with Gasteiger partial charge in [-0.05, 0) is 43.0 Å². The van der Waals surface area contributed by atoms with Crippen molar-refractivity contribution in [3.63, 3.8) is 0 Å². The second kappa shape index (κ2) is 8.05. The number of carbonyl (C=O) groups is 1. The Hall–Kier alpha value is -1.35. The molecule has 1 saturated carbocycles. The van der Waals surface area contributed by atoms with E-state index in [1.165, 1.54) is 44.1 Å². The minimum absolute atomic E-state index is 0.0250. The standard InChI is InChI=1S/C17H26N2O/c1-18-17(20)16-10-8-15(9-11-16)13-19-12-14-6-4-2-3-5-7-14/h8-11,14,19H,2-7,12-13H2,1H3,(H,18,20). The lowest BCUT2D eigenvalue weighted by Crippen LogP contribution is -2.22. The average Bonchev–Trinajstić information content (AvgIpc) is 2.76. The molecule has 2 rings (SSSR count). The van der Waals surface area contributed by atoms with E-state index in [2.05, 4.69) is 10.6 Å². The molecule has 3 nitrogen and oxygen atoms in total. The van der Waals surface area contributed by atoms with E-state index < -0.39 is 0 Å². The van der Waals surface area contributed by atoms with E-state index in [-0.39, 0.29) is 5.91 Å². The Morgan fingerprint density at radius 1 is 1.10 bits per heavy atom. The number of benzene rings is 1. The van der Waals surface area contributed by atoms with Crippen LogP contribution in [0.15, 0.2) is 24.3 Å². The zero-order valence-electron chi connectivity index (χ0n) is 12.5. The Bertz CT molecular complexity index is 406. The molecule has 1 fully saturated rings. The quantitative estimate of drug-likeness (QED) is 0.810. The molecule has 1 aliphatic rings. The summed E-state index contributed by atoms with van der Waals surface area (Å²) >= 11 is 0. The van der Waals surface area contributed by atoms with E-state index in [0.717, 1.165) is 24.6 Å². The monoisotopic (exact) mass is 274 g/mol. The van der Waals surface area contributed by atoms with Gasteiger partial charge in [-0.1, -0.05) is 37.8 Å². The lowest BCUT2D eigenvalue weighted by atomic mass is 10.0. The van der Waals surface area contributed by atoms with Gasteiger partial charge in [0.15, 0.2) is 0 Å². The molecule has 110 valence electrons. The molecule has 0 atom stereocenters. The number of amides is 1. The van der Waals surface area contributed by atoms with E-state index >= 15 is 0 Å². The largest absolute Gasteiger partial charge is 0.355 e. The van der Waals surface area contributed by atoms with Crippen LogP contribution in [-0.2, 0) is 6.54 Å². The molecule has 0 bridgehead atoms. The fourth-order valence-corrected chi connectivity index (χ4v) is 2.91. The van der Waals surface area contributed by atoms with Crippen molar-refractivity contribution >= 4 is 5.91 Å². The van der Waals surface area contributed by atoms with Crippen molar-refractivity contribution in [1.29, 1.82) is 0 Å². The van der Waals surface area contributed by atoms with E-state index in [1.807, 2.05) is 24.3 Å². The SMILES string of the molecule is CNC(=O)c1ccc(CNCC2CCCCCC2)cc1. The van der Waals surface area contributed by atoms with Crippen LogP contribution in [0.25, 0.3) is 0 Å². The van der Waals surface area contributed by atoms with Gasteiger partial charge in [0.05, 0.1) is 0 Å². The molecule has 0 radical (unpaired) electrons. The third-order valence-corrected chi connectivity index (χ3v) is 4.18. The molecule has 0 unspecified atom stereocenters. The third-order valence-electron chi connectivity index (χ3n) is 4.18. The zero-order valence-corrected chi connectivity index (χ0v) is 12.5. The number of rotatable bonds is 5. The number of nitrogens with one attached hydrogen (secondary N) is 2. The van der Waals surface area contributed by atoms with Gasteiger partial charge < -0.3 is 10.6 Å². The molecule has 0 spiro atoms. The number of hydrogen-bond donors (Lipinski definition) is 2. The lowest BCUT2D eigenvalue weighted by Gasteiger charge is -2.14. The van der Waals surface area contributed by atoms with Crippen molar-refractivity contribution in [3.8, 4) is 0 Å². The van der Waals surface area contributed by atoms with Crippen LogP contribution in [0, 0.1) is 5.92 Å². The Labute approximate surface area is 122 Å². The van der Waals surface area contributed by atoms with Crippen LogP contribution in [0.5, 0.6) is 0 Å². The first kappa shape index (κ1) is 15.0. The summed E-state index contributed by atoms with van der Waals surface area (Å²) < 4.78 is 0. The highest BCUT2D eigenvalue weighted by molar-refractivity contribution is 5.93. The Kier molecular flexibility index (Phi) is 6.06. The van der Waals surface area contributed by atoms with Crippen LogP contribution in [0.2, 0.25) is 0 Å². The minimum Gasteiger partial charge on any atom is -0.355 e. The van der Waals surface area contributed by atoms with E-state index in [9.17, 15) is 4.79 Å². The molecule has 0 heterocycles. The summed E-state index contributed by atoms with van der Waals surface area (Å²) in [4.78, 5) is 11.5. The van der Waals surface area contributed by atoms with Gasteiger partial charge in [-0.15, -0.1) is 0 Å². The highest BCUT2D eigenvalue weighted by Crippen LogP contribution is 2.22. The molecular weight excluding hydrogens is 248 g/mol. The summed E-state index contributed by atoms with van der Waals surface area (Å²) in [6.07, 6.45) is 8.38. The summed E-state index contributed by atoms with van der Waals surface area (Å²) in [5, 5.41) is 6.20. The van der Waals surface area contributed by atoms with Crippen molar-refractivity contribution in [1.82, 2.24) is 10.6 Å². The molecule has 1 amide bonds. The van der Waals surface area contributed by atoms with Gasteiger partial charge in [0, 0.05) is 19.2 Å². The fraction of sp³-hybridized carbons (Fsp3) is 0.588. The van der Waals surface area contributed by atoms with Gasteiger partial charge in [0.25, 0.3) is 5.91 Å². The summed E-state index contributed by atoms with van der Waals surface area (Å²) in [5.74, 6) is 0.825. The van der Waals surface area contributed by atoms with Gasteiger partial charge in [0.2, 0.25) is 0 Å². The highest BCUT2D eigenvalue weighted by Gasteiger charge is 2.11.